The van der Waals surface area contributed by atoms with E-state index in [1.807, 2.05) is 6.92 Å². The van der Waals surface area contributed by atoms with E-state index in [4.69, 9.17) is 9.47 Å². The van der Waals surface area contributed by atoms with Crippen LogP contribution in [0.25, 0.3) is 0 Å². The number of halogens is 1. The number of carbonyl (C=O) groups excluding carboxylic acids is 2. The van der Waals surface area contributed by atoms with Gasteiger partial charge in [-0.1, -0.05) is 18.2 Å². The molecule has 1 aliphatic rings. The molecule has 0 spiro atoms. The molecule has 31 heavy (non-hydrogen) atoms. The summed E-state index contributed by atoms with van der Waals surface area (Å²) in [5.74, 6) is -4.37. The van der Waals surface area contributed by atoms with Crippen LogP contribution in [0.5, 0.6) is 11.5 Å². The summed E-state index contributed by atoms with van der Waals surface area (Å²) in [4.78, 5) is 24.2. The van der Waals surface area contributed by atoms with Gasteiger partial charge in [0.05, 0.1) is 20.3 Å². The largest absolute Gasteiger partial charge is 0.463 e. The average molecular weight is 433 g/mol. The average Bonchev–Trinajstić information content (AvgIpc) is 3.16. The first-order valence-corrected chi connectivity index (χ1v) is 9.63. The minimum atomic E-state index is -2.33. The SMILES string of the molecule is COC(=O)C1(C(=O)OC)Oc2ccc(CC(C)NCC(O)c3cccc(F)c3)cc2O1. The van der Waals surface area contributed by atoms with Crippen molar-refractivity contribution in [1.29, 1.82) is 0 Å². The van der Waals surface area contributed by atoms with Crippen molar-refractivity contribution in [1.82, 2.24) is 5.32 Å². The number of esters is 2. The lowest BCUT2D eigenvalue weighted by atomic mass is 10.1. The first-order chi connectivity index (χ1) is 14.8. The van der Waals surface area contributed by atoms with E-state index >= 15 is 0 Å². The van der Waals surface area contributed by atoms with Crippen LogP contribution in [0, 0.1) is 5.82 Å². The molecule has 0 aliphatic carbocycles. The van der Waals surface area contributed by atoms with Crippen LogP contribution in [0.2, 0.25) is 0 Å². The van der Waals surface area contributed by atoms with Crippen molar-refractivity contribution in [3.8, 4) is 11.5 Å². The summed E-state index contributed by atoms with van der Waals surface area (Å²) < 4.78 is 33.6. The lowest BCUT2D eigenvalue weighted by molar-refractivity contribution is -0.199. The van der Waals surface area contributed by atoms with Crippen LogP contribution in [0.1, 0.15) is 24.2 Å². The highest BCUT2D eigenvalue weighted by atomic mass is 19.1. The molecular formula is C22H24FNO7. The van der Waals surface area contributed by atoms with Crippen molar-refractivity contribution in [2.45, 2.75) is 31.3 Å². The van der Waals surface area contributed by atoms with E-state index in [2.05, 4.69) is 14.8 Å². The molecule has 2 N–H and O–H groups in total. The highest BCUT2D eigenvalue weighted by Crippen LogP contribution is 2.41. The molecule has 0 aromatic heterocycles. The number of nitrogens with one attached hydrogen (secondary N) is 1. The van der Waals surface area contributed by atoms with Crippen molar-refractivity contribution >= 4 is 11.9 Å². The standard InChI is InChI=1S/C22H24FNO7/c1-13(24-12-17(25)15-5-4-6-16(23)11-15)9-14-7-8-18-19(10-14)31-22(30-18,20(26)28-2)21(27)29-3/h4-8,10-11,13,17,24-25H,9,12H2,1-3H3. The molecule has 0 fully saturated rings. The number of benzene rings is 2. The van der Waals surface area contributed by atoms with Gasteiger partial charge in [0.25, 0.3) is 0 Å². The van der Waals surface area contributed by atoms with Gasteiger partial charge in [-0.3, -0.25) is 0 Å². The van der Waals surface area contributed by atoms with Gasteiger partial charge in [0.2, 0.25) is 0 Å². The van der Waals surface area contributed by atoms with Crippen LogP contribution in [0.3, 0.4) is 0 Å². The molecule has 3 rings (SSSR count). The van der Waals surface area contributed by atoms with Crippen molar-refractivity contribution in [2.75, 3.05) is 20.8 Å². The number of hydrogen-bond donors (Lipinski definition) is 2. The Bertz CT molecular complexity index is 949. The van der Waals surface area contributed by atoms with Crippen LogP contribution in [-0.2, 0) is 25.5 Å². The number of carbonyl (C=O) groups is 2. The summed E-state index contributed by atoms with van der Waals surface area (Å²) in [7, 11) is 2.22. The third kappa shape index (κ3) is 4.78. The summed E-state index contributed by atoms with van der Waals surface area (Å²) in [6, 6.07) is 10.8. The first-order valence-electron chi connectivity index (χ1n) is 9.63. The Labute approximate surface area is 178 Å². The number of fused-ring (bicyclic) bond motifs is 1. The molecule has 0 bridgehead atoms. The molecule has 2 atom stereocenters. The highest BCUT2D eigenvalue weighted by molar-refractivity contribution is 6.03. The second kappa shape index (κ2) is 9.32. The maximum Gasteiger partial charge on any atom is 0.453 e. The van der Waals surface area contributed by atoms with Gasteiger partial charge in [-0.15, -0.1) is 0 Å². The van der Waals surface area contributed by atoms with Crippen LogP contribution in [0.4, 0.5) is 4.39 Å². The maximum absolute atomic E-state index is 13.3. The number of aliphatic hydroxyl groups is 1. The Morgan fingerprint density at radius 2 is 1.77 bits per heavy atom. The third-order valence-electron chi connectivity index (χ3n) is 4.86. The molecule has 2 aromatic carbocycles. The van der Waals surface area contributed by atoms with Gasteiger partial charge in [-0.05, 0) is 48.7 Å². The smallest absolute Gasteiger partial charge is 0.453 e. The number of methoxy groups -OCH3 is 2. The summed E-state index contributed by atoms with van der Waals surface area (Å²) in [5.41, 5.74) is 1.33. The van der Waals surface area contributed by atoms with E-state index in [1.165, 1.54) is 12.1 Å². The molecule has 1 aliphatic heterocycles. The molecule has 1 heterocycles. The van der Waals surface area contributed by atoms with Crippen molar-refractivity contribution in [3.05, 3.63) is 59.4 Å². The Morgan fingerprint density at radius 1 is 1.10 bits per heavy atom. The Hall–Kier alpha value is -3.17. The summed E-state index contributed by atoms with van der Waals surface area (Å²) in [6.45, 7) is 2.17. The topological polar surface area (TPSA) is 103 Å². The molecular weight excluding hydrogens is 409 g/mol. The fraction of sp³-hybridized carbons (Fsp3) is 0.364. The molecule has 2 unspecified atom stereocenters. The Morgan fingerprint density at radius 3 is 2.42 bits per heavy atom. The fourth-order valence-electron chi connectivity index (χ4n) is 3.26. The molecule has 166 valence electrons. The van der Waals surface area contributed by atoms with Gasteiger partial charge in [0, 0.05) is 12.6 Å². The maximum atomic E-state index is 13.3. The van der Waals surface area contributed by atoms with Gasteiger partial charge >= 0.3 is 17.7 Å². The van der Waals surface area contributed by atoms with E-state index in [0.29, 0.717) is 12.0 Å². The quantitative estimate of drug-likeness (QED) is 0.481. The van der Waals surface area contributed by atoms with Gasteiger partial charge in [0.1, 0.15) is 5.82 Å². The van der Waals surface area contributed by atoms with Crippen LogP contribution >= 0.6 is 0 Å². The molecule has 0 saturated carbocycles. The van der Waals surface area contributed by atoms with E-state index in [-0.39, 0.29) is 24.1 Å². The fourth-order valence-corrected chi connectivity index (χ4v) is 3.26. The van der Waals surface area contributed by atoms with Gasteiger partial charge in [-0.25, -0.2) is 14.0 Å². The monoisotopic (exact) mass is 433 g/mol. The lowest BCUT2D eigenvalue weighted by Crippen LogP contribution is -2.55. The highest BCUT2D eigenvalue weighted by Gasteiger charge is 2.59. The number of hydrogen-bond acceptors (Lipinski definition) is 8. The van der Waals surface area contributed by atoms with E-state index < -0.39 is 29.6 Å². The van der Waals surface area contributed by atoms with E-state index in [1.54, 1.807) is 30.3 Å². The molecule has 0 radical (unpaired) electrons. The molecule has 0 saturated heterocycles. The van der Waals surface area contributed by atoms with Gasteiger partial charge < -0.3 is 29.4 Å². The lowest BCUT2D eigenvalue weighted by Gasteiger charge is -2.21. The Kier molecular flexibility index (Phi) is 6.77. The number of aliphatic hydroxyl groups excluding tert-OH is 1. The van der Waals surface area contributed by atoms with Gasteiger partial charge in [0.15, 0.2) is 11.5 Å². The molecule has 0 amide bonds. The molecule has 2 aromatic rings. The zero-order chi connectivity index (χ0) is 22.6. The van der Waals surface area contributed by atoms with Crippen molar-refractivity contribution in [2.24, 2.45) is 0 Å². The normalized spacial score (nSPS) is 15.8. The van der Waals surface area contributed by atoms with Crippen LogP contribution in [0.15, 0.2) is 42.5 Å². The summed E-state index contributed by atoms with van der Waals surface area (Å²) >= 11 is 0. The molecule has 8 nitrogen and oxygen atoms in total. The predicted molar refractivity (Wildman–Crippen MR) is 107 cm³/mol. The van der Waals surface area contributed by atoms with E-state index in [9.17, 15) is 19.1 Å². The first kappa shape index (κ1) is 22.5. The molecule has 9 heteroatoms. The second-order valence-corrected chi connectivity index (χ2v) is 7.17. The van der Waals surface area contributed by atoms with Crippen molar-refractivity contribution in [3.63, 3.8) is 0 Å². The Balaban J connectivity index is 1.63. The van der Waals surface area contributed by atoms with Crippen molar-refractivity contribution < 1.29 is 38.0 Å². The minimum absolute atomic E-state index is 0.0467. The summed E-state index contributed by atoms with van der Waals surface area (Å²) in [6.07, 6.45) is -0.300. The minimum Gasteiger partial charge on any atom is -0.463 e. The van der Waals surface area contributed by atoms with Crippen LogP contribution in [-0.4, -0.2) is 49.6 Å². The van der Waals surface area contributed by atoms with Gasteiger partial charge in [-0.2, -0.15) is 0 Å². The summed E-state index contributed by atoms with van der Waals surface area (Å²) in [5, 5.41) is 13.4. The van der Waals surface area contributed by atoms with Crippen LogP contribution < -0.4 is 14.8 Å². The second-order valence-electron chi connectivity index (χ2n) is 7.17. The number of ether oxygens (including phenoxy) is 4. The zero-order valence-electron chi connectivity index (χ0n) is 17.4. The number of rotatable bonds is 8. The van der Waals surface area contributed by atoms with E-state index in [0.717, 1.165) is 19.8 Å². The third-order valence-corrected chi connectivity index (χ3v) is 4.86. The zero-order valence-corrected chi connectivity index (χ0v) is 17.4. The predicted octanol–water partition coefficient (Wildman–Crippen LogP) is 1.89.